The molecule has 0 aliphatic rings. The highest BCUT2D eigenvalue weighted by Crippen LogP contribution is 2.04. The van der Waals surface area contributed by atoms with Crippen molar-refractivity contribution in [3.63, 3.8) is 0 Å². The van der Waals surface area contributed by atoms with Gasteiger partial charge in [-0.25, -0.2) is 0 Å². The molecule has 0 saturated heterocycles. The van der Waals surface area contributed by atoms with Crippen LogP contribution in [-0.2, 0) is 14.3 Å². The van der Waals surface area contributed by atoms with Crippen molar-refractivity contribution >= 4 is 10.1 Å². The normalized spacial score (nSPS) is 11.8. The molecule has 0 aliphatic heterocycles. The molecule has 0 atom stereocenters. The molecule has 0 N–H and O–H groups in total. The van der Waals surface area contributed by atoms with Crippen molar-refractivity contribution in [1.82, 2.24) is 0 Å². The maximum absolute atomic E-state index is 10.8. The molecule has 0 radical (unpaired) electrons. The number of unbranched alkanes of at least 4 members (excludes halogenated alkanes) is 4. The molecule has 0 fully saturated rings. The van der Waals surface area contributed by atoms with Gasteiger partial charge < -0.3 is 0 Å². The lowest BCUT2D eigenvalue weighted by atomic mass is 10.2. The Hall–Kier alpha value is -0.0900. The van der Waals surface area contributed by atoms with Gasteiger partial charge in [-0.05, 0) is 6.42 Å². The molecular weight excluding hydrogens is 176 g/mol. The first kappa shape index (κ1) is 11.9. The molecule has 0 saturated carbocycles. The van der Waals surface area contributed by atoms with Crippen molar-refractivity contribution in [1.29, 1.82) is 0 Å². The van der Waals surface area contributed by atoms with Crippen molar-refractivity contribution in [2.75, 3.05) is 12.9 Å². The van der Waals surface area contributed by atoms with Gasteiger partial charge in [-0.1, -0.05) is 32.6 Å². The molecule has 0 aliphatic carbocycles. The monoisotopic (exact) mass is 194 g/mol. The maximum atomic E-state index is 10.8. The fraction of sp³-hybridized carbons (Fsp3) is 1.00. The SMILES string of the molecule is CCCCCCCS(=O)(=O)OC. The first-order valence-corrected chi connectivity index (χ1v) is 5.98. The van der Waals surface area contributed by atoms with Crippen molar-refractivity contribution in [3.8, 4) is 0 Å². The standard InChI is InChI=1S/C8H18O3S/c1-3-4-5-6-7-8-12(9,10)11-2/h3-8H2,1-2H3. The van der Waals surface area contributed by atoms with E-state index in [1.807, 2.05) is 0 Å². The van der Waals surface area contributed by atoms with Crippen LogP contribution in [0.3, 0.4) is 0 Å². The third-order valence-electron chi connectivity index (χ3n) is 1.75. The van der Waals surface area contributed by atoms with E-state index < -0.39 is 10.1 Å². The van der Waals surface area contributed by atoms with Gasteiger partial charge in [-0.15, -0.1) is 0 Å². The zero-order chi connectivity index (χ0) is 9.45. The second kappa shape index (κ2) is 6.43. The van der Waals surface area contributed by atoms with Crippen LogP contribution in [0, 0.1) is 0 Å². The Morgan fingerprint density at radius 2 is 1.67 bits per heavy atom. The fourth-order valence-corrected chi connectivity index (χ4v) is 1.69. The molecule has 0 rings (SSSR count). The summed E-state index contributed by atoms with van der Waals surface area (Å²) >= 11 is 0. The summed E-state index contributed by atoms with van der Waals surface area (Å²) in [5.74, 6) is 0.160. The average molecular weight is 194 g/mol. The first-order chi connectivity index (χ1) is 5.62. The second-order valence-electron chi connectivity index (χ2n) is 2.84. The fourth-order valence-electron chi connectivity index (χ4n) is 0.966. The smallest absolute Gasteiger partial charge is 0.267 e. The Morgan fingerprint density at radius 3 is 2.17 bits per heavy atom. The Morgan fingerprint density at radius 1 is 1.08 bits per heavy atom. The van der Waals surface area contributed by atoms with Crippen LogP contribution < -0.4 is 0 Å². The summed E-state index contributed by atoms with van der Waals surface area (Å²) in [5, 5.41) is 0. The highest BCUT2D eigenvalue weighted by atomic mass is 32.2. The summed E-state index contributed by atoms with van der Waals surface area (Å²) in [6, 6.07) is 0. The summed E-state index contributed by atoms with van der Waals surface area (Å²) < 4.78 is 25.9. The molecule has 12 heavy (non-hydrogen) atoms. The van der Waals surface area contributed by atoms with Gasteiger partial charge >= 0.3 is 0 Å². The van der Waals surface area contributed by atoms with E-state index in [-0.39, 0.29) is 5.75 Å². The van der Waals surface area contributed by atoms with Crippen molar-refractivity contribution in [2.45, 2.75) is 39.0 Å². The molecule has 0 aromatic carbocycles. The minimum Gasteiger partial charge on any atom is -0.273 e. The van der Waals surface area contributed by atoms with E-state index in [1.54, 1.807) is 0 Å². The highest BCUT2D eigenvalue weighted by molar-refractivity contribution is 7.86. The molecule has 0 heterocycles. The maximum Gasteiger partial charge on any atom is 0.267 e. The zero-order valence-corrected chi connectivity index (χ0v) is 8.69. The molecular formula is C8H18O3S. The minimum atomic E-state index is -3.21. The lowest BCUT2D eigenvalue weighted by Gasteiger charge is -2.00. The summed E-state index contributed by atoms with van der Waals surface area (Å²) in [4.78, 5) is 0. The third kappa shape index (κ3) is 6.61. The predicted octanol–water partition coefficient (Wildman–Crippen LogP) is 1.93. The van der Waals surface area contributed by atoms with Crippen LogP contribution in [0.2, 0.25) is 0 Å². The third-order valence-corrected chi connectivity index (χ3v) is 3.05. The van der Waals surface area contributed by atoms with Crippen LogP contribution in [-0.4, -0.2) is 21.3 Å². The summed E-state index contributed by atoms with van der Waals surface area (Å²) in [6.45, 7) is 2.13. The molecule has 0 aromatic rings. The Balaban J connectivity index is 3.32. The van der Waals surface area contributed by atoms with E-state index in [4.69, 9.17) is 0 Å². The Kier molecular flexibility index (Phi) is 6.38. The minimum absolute atomic E-state index is 0.160. The van der Waals surface area contributed by atoms with E-state index in [0.29, 0.717) is 0 Å². The first-order valence-electron chi connectivity index (χ1n) is 4.40. The van der Waals surface area contributed by atoms with Crippen molar-refractivity contribution in [3.05, 3.63) is 0 Å². The number of hydrogen-bond acceptors (Lipinski definition) is 3. The van der Waals surface area contributed by atoms with Crippen molar-refractivity contribution in [2.24, 2.45) is 0 Å². The van der Waals surface area contributed by atoms with E-state index >= 15 is 0 Å². The van der Waals surface area contributed by atoms with Gasteiger partial charge in [0.05, 0.1) is 12.9 Å². The van der Waals surface area contributed by atoms with Gasteiger partial charge in [0.25, 0.3) is 10.1 Å². The van der Waals surface area contributed by atoms with Crippen molar-refractivity contribution < 1.29 is 12.6 Å². The van der Waals surface area contributed by atoms with Gasteiger partial charge in [0.2, 0.25) is 0 Å². The van der Waals surface area contributed by atoms with Gasteiger partial charge in [0.1, 0.15) is 0 Å². The molecule has 0 spiro atoms. The summed E-state index contributed by atoms with van der Waals surface area (Å²) in [7, 11) is -2.00. The van der Waals surface area contributed by atoms with Crippen LogP contribution in [0.5, 0.6) is 0 Å². The Bertz CT molecular complexity index is 184. The topological polar surface area (TPSA) is 43.4 Å². The summed E-state index contributed by atoms with van der Waals surface area (Å²) in [5.41, 5.74) is 0. The molecule has 0 aromatic heterocycles. The van der Waals surface area contributed by atoms with E-state index in [0.717, 1.165) is 19.3 Å². The molecule has 3 nitrogen and oxygen atoms in total. The van der Waals surface area contributed by atoms with Gasteiger partial charge in [0, 0.05) is 0 Å². The molecule has 74 valence electrons. The van der Waals surface area contributed by atoms with Gasteiger partial charge in [-0.3, -0.25) is 4.18 Å². The van der Waals surface area contributed by atoms with Crippen LogP contribution in [0.4, 0.5) is 0 Å². The average Bonchev–Trinajstić information content (AvgIpc) is 2.04. The summed E-state index contributed by atoms with van der Waals surface area (Å²) in [6.07, 6.45) is 5.19. The van der Waals surface area contributed by atoms with Crippen LogP contribution in [0.25, 0.3) is 0 Å². The molecule has 0 amide bonds. The van der Waals surface area contributed by atoms with E-state index in [9.17, 15) is 8.42 Å². The van der Waals surface area contributed by atoms with Gasteiger partial charge in [0.15, 0.2) is 0 Å². The Labute approximate surface area is 75.2 Å². The molecule has 0 unspecified atom stereocenters. The quantitative estimate of drug-likeness (QED) is 0.459. The van der Waals surface area contributed by atoms with Crippen LogP contribution in [0.15, 0.2) is 0 Å². The highest BCUT2D eigenvalue weighted by Gasteiger charge is 2.06. The lowest BCUT2D eigenvalue weighted by molar-refractivity contribution is 0.396. The van der Waals surface area contributed by atoms with E-state index in [2.05, 4.69) is 11.1 Å². The molecule has 4 heteroatoms. The second-order valence-corrected chi connectivity index (χ2v) is 4.70. The zero-order valence-electron chi connectivity index (χ0n) is 7.88. The van der Waals surface area contributed by atoms with Crippen LogP contribution >= 0.6 is 0 Å². The van der Waals surface area contributed by atoms with E-state index in [1.165, 1.54) is 20.0 Å². The largest absolute Gasteiger partial charge is 0.273 e. The number of rotatable bonds is 7. The molecule has 0 bridgehead atoms. The van der Waals surface area contributed by atoms with Crippen LogP contribution in [0.1, 0.15) is 39.0 Å². The predicted molar refractivity (Wildman–Crippen MR) is 49.6 cm³/mol. The number of hydrogen-bond donors (Lipinski definition) is 0. The lowest BCUT2D eigenvalue weighted by Crippen LogP contribution is -2.07. The van der Waals surface area contributed by atoms with Gasteiger partial charge in [-0.2, -0.15) is 8.42 Å².